The van der Waals surface area contributed by atoms with Gasteiger partial charge in [0.05, 0.1) is 6.33 Å². The molecule has 0 aliphatic heterocycles. The van der Waals surface area contributed by atoms with Crippen LogP contribution < -0.4 is 5.56 Å². The minimum absolute atomic E-state index is 0.361. The third kappa shape index (κ3) is 1.50. The lowest BCUT2D eigenvalue weighted by molar-refractivity contribution is -0.140. The summed E-state index contributed by atoms with van der Waals surface area (Å²) in [6.07, 6.45) is 2.54. The molecule has 0 aliphatic carbocycles. The Kier molecular flexibility index (Phi) is 2.23. The van der Waals surface area contributed by atoms with Crippen LogP contribution in [0.1, 0.15) is 13.0 Å². The first kappa shape index (κ1) is 8.45. The number of carboxylic acid groups (broad SMARTS) is 1. The van der Waals surface area contributed by atoms with Crippen LogP contribution in [0.4, 0.5) is 0 Å². The summed E-state index contributed by atoms with van der Waals surface area (Å²) in [5, 5.41) is 8.57. The zero-order valence-corrected chi connectivity index (χ0v) is 6.47. The summed E-state index contributed by atoms with van der Waals surface area (Å²) < 4.78 is 1.06. The minimum Gasteiger partial charge on any atom is -0.480 e. The van der Waals surface area contributed by atoms with Crippen molar-refractivity contribution in [2.75, 3.05) is 0 Å². The molecule has 5 heteroatoms. The highest BCUT2D eigenvalue weighted by Gasteiger charge is 2.13. The molecule has 5 nitrogen and oxygen atoms in total. The fraction of sp³-hybridized carbons (Fsp3) is 0.286. The van der Waals surface area contributed by atoms with E-state index in [9.17, 15) is 9.59 Å². The Balaban J connectivity index is 3.11. The van der Waals surface area contributed by atoms with E-state index >= 15 is 0 Å². The van der Waals surface area contributed by atoms with Gasteiger partial charge >= 0.3 is 5.97 Å². The quantitative estimate of drug-likeness (QED) is 0.668. The van der Waals surface area contributed by atoms with E-state index in [0.717, 1.165) is 4.57 Å². The van der Waals surface area contributed by atoms with Gasteiger partial charge in [-0.15, -0.1) is 0 Å². The van der Waals surface area contributed by atoms with E-state index in [2.05, 4.69) is 4.98 Å². The van der Waals surface area contributed by atoms with Crippen LogP contribution in [-0.4, -0.2) is 20.6 Å². The maximum absolute atomic E-state index is 11.0. The molecule has 1 unspecified atom stereocenters. The van der Waals surface area contributed by atoms with E-state index in [4.69, 9.17) is 5.11 Å². The summed E-state index contributed by atoms with van der Waals surface area (Å²) in [5.41, 5.74) is -0.361. The molecule has 0 amide bonds. The van der Waals surface area contributed by atoms with Gasteiger partial charge in [0.15, 0.2) is 0 Å². The van der Waals surface area contributed by atoms with Crippen LogP contribution in [0, 0.1) is 0 Å². The molecular formula is C7H8N2O3. The van der Waals surface area contributed by atoms with Crippen LogP contribution in [0.3, 0.4) is 0 Å². The van der Waals surface area contributed by atoms with E-state index in [1.54, 1.807) is 0 Å². The van der Waals surface area contributed by atoms with Crippen molar-refractivity contribution in [2.24, 2.45) is 0 Å². The fourth-order valence-electron chi connectivity index (χ4n) is 0.770. The van der Waals surface area contributed by atoms with Crippen molar-refractivity contribution in [3.8, 4) is 0 Å². The van der Waals surface area contributed by atoms with Gasteiger partial charge in [0.25, 0.3) is 5.56 Å². The number of hydrogen-bond acceptors (Lipinski definition) is 3. The number of rotatable bonds is 2. The van der Waals surface area contributed by atoms with Crippen LogP contribution in [0.15, 0.2) is 23.4 Å². The van der Waals surface area contributed by atoms with Crippen LogP contribution >= 0.6 is 0 Å². The van der Waals surface area contributed by atoms with E-state index in [1.807, 2.05) is 0 Å². The molecule has 1 rings (SSSR count). The van der Waals surface area contributed by atoms with Crippen molar-refractivity contribution >= 4 is 5.97 Å². The lowest BCUT2D eigenvalue weighted by atomic mass is 10.3. The summed E-state index contributed by atoms with van der Waals surface area (Å²) in [6, 6.07) is 0.352. The van der Waals surface area contributed by atoms with E-state index < -0.39 is 12.0 Å². The molecule has 0 bridgehead atoms. The van der Waals surface area contributed by atoms with Crippen molar-refractivity contribution in [1.82, 2.24) is 9.55 Å². The first-order valence-corrected chi connectivity index (χ1v) is 3.38. The van der Waals surface area contributed by atoms with Gasteiger partial charge in [-0.3, -0.25) is 9.36 Å². The van der Waals surface area contributed by atoms with E-state index in [-0.39, 0.29) is 5.56 Å². The van der Waals surface area contributed by atoms with Crippen molar-refractivity contribution in [1.29, 1.82) is 0 Å². The van der Waals surface area contributed by atoms with Crippen LogP contribution in [0.25, 0.3) is 0 Å². The number of carbonyl (C=O) groups is 1. The Morgan fingerprint density at radius 1 is 1.75 bits per heavy atom. The van der Waals surface area contributed by atoms with Crippen molar-refractivity contribution in [3.05, 3.63) is 28.9 Å². The minimum atomic E-state index is -1.05. The molecule has 1 aromatic heterocycles. The Morgan fingerprint density at radius 3 is 2.92 bits per heavy atom. The Morgan fingerprint density at radius 2 is 2.42 bits per heavy atom. The van der Waals surface area contributed by atoms with Gasteiger partial charge in [-0.1, -0.05) is 0 Å². The number of carboxylic acids is 1. The van der Waals surface area contributed by atoms with Gasteiger partial charge in [-0.05, 0) is 6.92 Å². The van der Waals surface area contributed by atoms with Crippen LogP contribution in [0.2, 0.25) is 0 Å². The molecule has 1 N–H and O–H groups in total. The maximum atomic E-state index is 11.0. The largest absolute Gasteiger partial charge is 0.480 e. The van der Waals surface area contributed by atoms with Crippen LogP contribution in [0.5, 0.6) is 0 Å². The first-order chi connectivity index (χ1) is 5.63. The average Bonchev–Trinajstić information content (AvgIpc) is 2.04. The lowest BCUT2D eigenvalue weighted by Crippen LogP contribution is -2.27. The van der Waals surface area contributed by atoms with Crippen molar-refractivity contribution in [3.63, 3.8) is 0 Å². The molecule has 1 heterocycles. The summed E-state index contributed by atoms with van der Waals surface area (Å²) in [5.74, 6) is -1.05. The number of aliphatic carboxylic acids is 1. The molecule has 1 atom stereocenters. The lowest BCUT2D eigenvalue weighted by Gasteiger charge is -2.07. The molecule has 0 saturated heterocycles. The third-order valence-electron chi connectivity index (χ3n) is 1.52. The zero-order chi connectivity index (χ0) is 9.14. The predicted octanol–water partition coefficient (Wildman–Crippen LogP) is -0.111. The second-order valence-electron chi connectivity index (χ2n) is 2.34. The van der Waals surface area contributed by atoms with Gasteiger partial charge in [0.2, 0.25) is 0 Å². The molecule has 12 heavy (non-hydrogen) atoms. The summed E-state index contributed by atoms with van der Waals surface area (Å²) in [4.78, 5) is 25.1. The van der Waals surface area contributed by atoms with Gasteiger partial charge in [-0.2, -0.15) is 0 Å². The van der Waals surface area contributed by atoms with Gasteiger partial charge in [-0.25, -0.2) is 9.78 Å². The Bertz CT molecular complexity index is 345. The zero-order valence-electron chi connectivity index (χ0n) is 6.47. The monoisotopic (exact) mass is 168 g/mol. The molecule has 0 aromatic carbocycles. The molecule has 64 valence electrons. The molecule has 0 fully saturated rings. The molecule has 0 aliphatic rings. The van der Waals surface area contributed by atoms with E-state index in [1.165, 1.54) is 25.5 Å². The normalized spacial score (nSPS) is 12.4. The standard InChI is InChI=1S/C7H8N2O3/c1-5(7(11)12)9-4-8-3-2-6(9)10/h2-5H,1H3,(H,11,12). The fourth-order valence-corrected chi connectivity index (χ4v) is 0.770. The summed E-state index contributed by atoms with van der Waals surface area (Å²) >= 11 is 0. The Labute approximate surface area is 68.3 Å². The number of aromatic nitrogens is 2. The highest BCUT2D eigenvalue weighted by Crippen LogP contribution is 1.98. The van der Waals surface area contributed by atoms with Gasteiger partial charge < -0.3 is 5.11 Å². The second kappa shape index (κ2) is 3.17. The van der Waals surface area contributed by atoms with E-state index in [0.29, 0.717) is 0 Å². The van der Waals surface area contributed by atoms with Crippen LogP contribution in [-0.2, 0) is 4.79 Å². The highest BCUT2D eigenvalue weighted by molar-refractivity contribution is 5.71. The summed E-state index contributed by atoms with van der Waals surface area (Å²) in [7, 11) is 0. The first-order valence-electron chi connectivity index (χ1n) is 3.38. The Hall–Kier alpha value is -1.65. The number of hydrogen-bond donors (Lipinski definition) is 1. The van der Waals surface area contributed by atoms with Crippen molar-refractivity contribution in [2.45, 2.75) is 13.0 Å². The van der Waals surface area contributed by atoms with Gasteiger partial charge in [0, 0.05) is 12.3 Å². The predicted molar refractivity (Wildman–Crippen MR) is 40.8 cm³/mol. The smallest absolute Gasteiger partial charge is 0.326 e. The number of nitrogens with zero attached hydrogens (tertiary/aromatic N) is 2. The average molecular weight is 168 g/mol. The SMILES string of the molecule is CC(C(=O)O)n1cnccc1=O. The molecule has 1 aromatic rings. The molecule has 0 spiro atoms. The maximum Gasteiger partial charge on any atom is 0.326 e. The topological polar surface area (TPSA) is 72.2 Å². The highest BCUT2D eigenvalue weighted by atomic mass is 16.4. The molecular weight excluding hydrogens is 160 g/mol. The van der Waals surface area contributed by atoms with Crippen molar-refractivity contribution < 1.29 is 9.90 Å². The second-order valence-corrected chi connectivity index (χ2v) is 2.34. The van der Waals surface area contributed by atoms with Gasteiger partial charge in [0.1, 0.15) is 6.04 Å². The molecule has 0 radical (unpaired) electrons. The molecule has 0 saturated carbocycles. The third-order valence-corrected chi connectivity index (χ3v) is 1.52. The summed E-state index contributed by atoms with van der Waals surface area (Å²) in [6.45, 7) is 1.42.